The first-order valence-electron chi connectivity index (χ1n) is 10.3. The molecule has 0 amide bonds. The number of nitrogens with zero attached hydrogens (tertiary/aromatic N) is 2. The Balaban J connectivity index is 1.88. The molecule has 0 atom stereocenters. The van der Waals surface area contributed by atoms with Gasteiger partial charge < -0.3 is 9.80 Å². The Morgan fingerprint density at radius 2 is 0.773 bits per heavy atom. The highest BCUT2D eigenvalue weighted by atomic mass is 15.3. The first-order valence-corrected chi connectivity index (χ1v) is 10.3. The number of hydrogen-bond donors (Lipinski definition) is 0. The summed E-state index contributed by atoms with van der Waals surface area (Å²) in [6.45, 7) is 12.5. The Labute approximate surface area is 140 Å². The lowest BCUT2D eigenvalue weighted by atomic mass is 10.1. The van der Waals surface area contributed by atoms with Crippen LogP contribution in [0.3, 0.4) is 0 Å². The van der Waals surface area contributed by atoms with E-state index in [1.165, 1.54) is 116 Å². The molecule has 0 saturated carbocycles. The Hall–Kier alpha value is -0.0800. The van der Waals surface area contributed by atoms with Crippen molar-refractivity contribution in [2.45, 2.75) is 90.9 Å². The van der Waals surface area contributed by atoms with E-state index in [2.05, 4.69) is 23.6 Å². The monoisotopic (exact) mass is 310 g/mol. The molecule has 0 aromatic rings. The Morgan fingerprint density at radius 1 is 0.455 bits per heavy atom. The highest BCUT2D eigenvalue weighted by Gasteiger charge is 2.15. The van der Waals surface area contributed by atoms with Gasteiger partial charge in [0.25, 0.3) is 0 Å². The summed E-state index contributed by atoms with van der Waals surface area (Å²) in [5, 5.41) is 0. The third kappa shape index (κ3) is 10.6. The SMILES string of the molecule is CCCCCCCCN1CCN(CCCCCCCC)CC1. The fourth-order valence-electron chi connectivity index (χ4n) is 3.47. The van der Waals surface area contributed by atoms with Crippen LogP contribution in [0.1, 0.15) is 90.9 Å². The molecule has 1 heterocycles. The van der Waals surface area contributed by atoms with E-state index in [-0.39, 0.29) is 0 Å². The Morgan fingerprint density at radius 3 is 1.14 bits per heavy atom. The predicted molar refractivity (Wildman–Crippen MR) is 99.6 cm³/mol. The second-order valence-electron chi connectivity index (χ2n) is 7.22. The normalized spacial score (nSPS) is 17.2. The van der Waals surface area contributed by atoms with Crippen LogP contribution in [0, 0.1) is 0 Å². The topological polar surface area (TPSA) is 6.48 Å². The van der Waals surface area contributed by atoms with E-state index in [0.29, 0.717) is 0 Å². The van der Waals surface area contributed by atoms with Crippen LogP contribution in [0.25, 0.3) is 0 Å². The predicted octanol–water partition coefficient (Wildman–Crippen LogP) is 5.33. The number of unbranched alkanes of at least 4 members (excludes halogenated alkanes) is 10. The van der Waals surface area contributed by atoms with Gasteiger partial charge in [-0.05, 0) is 25.9 Å². The quantitative estimate of drug-likeness (QED) is 0.400. The lowest BCUT2D eigenvalue weighted by Crippen LogP contribution is -2.46. The lowest BCUT2D eigenvalue weighted by Gasteiger charge is -2.34. The molecule has 2 nitrogen and oxygen atoms in total. The molecule has 1 aliphatic rings. The molecule has 0 N–H and O–H groups in total. The summed E-state index contributed by atoms with van der Waals surface area (Å²) in [6, 6.07) is 0. The van der Waals surface area contributed by atoms with Gasteiger partial charge in [-0.3, -0.25) is 0 Å². The molecule has 132 valence electrons. The second-order valence-corrected chi connectivity index (χ2v) is 7.22. The molecular weight excluding hydrogens is 268 g/mol. The standard InChI is InChI=1S/C20H42N2/c1-3-5-7-9-11-13-15-21-17-19-22(20-18-21)16-14-12-10-8-6-4-2/h3-20H2,1-2H3. The number of piperazine rings is 1. The molecular formula is C20H42N2. The van der Waals surface area contributed by atoms with Crippen LogP contribution in [-0.4, -0.2) is 49.1 Å². The van der Waals surface area contributed by atoms with Gasteiger partial charge in [-0.1, -0.05) is 78.1 Å². The maximum absolute atomic E-state index is 2.69. The Kier molecular flexibility index (Phi) is 13.2. The largest absolute Gasteiger partial charge is 0.301 e. The minimum atomic E-state index is 1.31. The molecule has 0 radical (unpaired) electrons. The van der Waals surface area contributed by atoms with Crippen LogP contribution in [0.2, 0.25) is 0 Å². The fourth-order valence-corrected chi connectivity index (χ4v) is 3.47. The minimum Gasteiger partial charge on any atom is -0.301 e. The molecule has 0 aromatic carbocycles. The maximum Gasteiger partial charge on any atom is 0.0110 e. The van der Waals surface area contributed by atoms with E-state index in [1.807, 2.05) is 0 Å². The van der Waals surface area contributed by atoms with E-state index >= 15 is 0 Å². The van der Waals surface area contributed by atoms with Crippen LogP contribution in [-0.2, 0) is 0 Å². The maximum atomic E-state index is 2.69. The first-order chi connectivity index (χ1) is 10.9. The second kappa shape index (κ2) is 14.5. The van der Waals surface area contributed by atoms with Crippen molar-refractivity contribution in [2.24, 2.45) is 0 Å². The highest BCUT2D eigenvalue weighted by molar-refractivity contribution is 4.71. The van der Waals surface area contributed by atoms with E-state index in [4.69, 9.17) is 0 Å². The van der Waals surface area contributed by atoms with Crippen molar-refractivity contribution in [3.8, 4) is 0 Å². The third-order valence-electron chi connectivity index (χ3n) is 5.12. The van der Waals surface area contributed by atoms with Crippen molar-refractivity contribution in [2.75, 3.05) is 39.3 Å². The van der Waals surface area contributed by atoms with E-state index in [0.717, 1.165) is 0 Å². The van der Waals surface area contributed by atoms with Gasteiger partial charge in [0.1, 0.15) is 0 Å². The molecule has 0 aromatic heterocycles. The van der Waals surface area contributed by atoms with Crippen molar-refractivity contribution in [3.05, 3.63) is 0 Å². The van der Waals surface area contributed by atoms with Gasteiger partial charge >= 0.3 is 0 Å². The number of rotatable bonds is 14. The summed E-state index contributed by atoms with van der Waals surface area (Å²) in [6.07, 6.45) is 17.1. The van der Waals surface area contributed by atoms with Gasteiger partial charge in [-0.2, -0.15) is 0 Å². The van der Waals surface area contributed by atoms with Gasteiger partial charge in [-0.15, -0.1) is 0 Å². The zero-order chi connectivity index (χ0) is 15.9. The summed E-state index contributed by atoms with van der Waals surface area (Å²) in [5.74, 6) is 0. The summed E-state index contributed by atoms with van der Waals surface area (Å²) < 4.78 is 0. The Bertz CT molecular complexity index is 198. The van der Waals surface area contributed by atoms with Crippen LogP contribution >= 0.6 is 0 Å². The fraction of sp³-hybridized carbons (Fsp3) is 1.00. The van der Waals surface area contributed by atoms with Crippen LogP contribution in [0.5, 0.6) is 0 Å². The van der Waals surface area contributed by atoms with E-state index < -0.39 is 0 Å². The van der Waals surface area contributed by atoms with Crippen molar-refractivity contribution in [3.63, 3.8) is 0 Å². The summed E-state index contributed by atoms with van der Waals surface area (Å²) >= 11 is 0. The van der Waals surface area contributed by atoms with E-state index in [1.54, 1.807) is 0 Å². The zero-order valence-electron chi connectivity index (χ0n) is 15.6. The molecule has 1 saturated heterocycles. The van der Waals surface area contributed by atoms with Gasteiger partial charge in [0, 0.05) is 26.2 Å². The smallest absolute Gasteiger partial charge is 0.0110 e. The minimum absolute atomic E-state index is 1.31. The number of hydrogen-bond acceptors (Lipinski definition) is 2. The molecule has 0 bridgehead atoms. The van der Waals surface area contributed by atoms with Crippen LogP contribution < -0.4 is 0 Å². The summed E-state index contributed by atoms with van der Waals surface area (Å²) in [4.78, 5) is 5.38. The van der Waals surface area contributed by atoms with Crippen molar-refractivity contribution >= 4 is 0 Å². The molecule has 0 unspecified atom stereocenters. The summed E-state index contributed by atoms with van der Waals surface area (Å²) in [7, 11) is 0. The summed E-state index contributed by atoms with van der Waals surface area (Å²) in [5.41, 5.74) is 0. The molecule has 1 fully saturated rings. The molecule has 22 heavy (non-hydrogen) atoms. The molecule has 0 spiro atoms. The molecule has 0 aliphatic carbocycles. The average molecular weight is 311 g/mol. The van der Waals surface area contributed by atoms with Crippen LogP contribution in [0.15, 0.2) is 0 Å². The molecule has 2 heteroatoms. The van der Waals surface area contributed by atoms with Gasteiger partial charge in [-0.25, -0.2) is 0 Å². The highest BCUT2D eigenvalue weighted by Crippen LogP contribution is 2.10. The van der Waals surface area contributed by atoms with Gasteiger partial charge in [0.15, 0.2) is 0 Å². The van der Waals surface area contributed by atoms with Crippen molar-refractivity contribution < 1.29 is 0 Å². The third-order valence-corrected chi connectivity index (χ3v) is 5.12. The lowest BCUT2D eigenvalue weighted by molar-refractivity contribution is 0.129. The van der Waals surface area contributed by atoms with Gasteiger partial charge in [0.05, 0.1) is 0 Å². The van der Waals surface area contributed by atoms with Gasteiger partial charge in [0.2, 0.25) is 0 Å². The molecule has 1 aliphatic heterocycles. The van der Waals surface area contributed by atoms with Crippen molar-refractivity contribution in [1.29, 1.82) is 0 Å². The zero-order valence-corrected chi connectivity index (χ0v) is 15.6. The van der Waals surface area contributed by atoms with Crippen molar-refractivity contribution in [1.82, 2.24) is 9.80 Å². The van der Waals surface area contributed by atoms with E-state index in [9.17, 15) is 0 Å². The first kappa shape index (κ1) is 20.0. The average Bonchev–Trinajstić information content (AvgIpc) is 2.55. The van der Waals surface area contributed by atoms with Crippen LogP contribution in [0.4, 0.5) is 0 Å². The molecule has 1 rings (SSSR count).